The summed E-state index contributed by atoms with van der Waals surface area (Å²) in [7, 11) is 5.02. The second kappa shape index (κ2) is 15.1. The molecule has 0 heterocycles. The van der Waals surface area contributed by atoms with E-state index in [1.807, 2.05) is 18.2 Å². The van der Waals surface area contributed by atoms with Gasteiger partial charge in [-0.15, -0.1) is 0 Å². The molecular formula is C23H28INO7. The summed E-state index contributed by atoms with van der Waals surface area (Å²) >= 11 is 2.37. The molecule has 8 nitrogen and oxygen atoms in total. The molecule has 3 N–H and O–H groups in total. The van der Waals surface area contributed by atoms with E-state index in [9.17, 15) is 9.59 Å². The Balaban J connectivity index is 0.000000547. The summed E-state index contributed by atoms with van der Waals surface area (Å²) in [4.78, 5) is 19.1. The minimum atomic E-state index is -1.26. The topological polar surface area (TPSA) is 114 Å². The highest BCUT2D eigenvalue weighted by atomic mass is 127. The number of aliphatic carboxylic acids is 2. The molecule has 0 aromatic heterocycles. The number of benzene rings is 2. The molecule has 0 bridgehead atoms. The maximum absolute atomic E-state index is 9.55. The molecule has 0 fully saturated rings. The van der Waals surface area contributed by atoms with Gasteiger partial charge in [0, 0.05) is 15.7 Å². The number of rotatable bonds is 11. The Labute approximate surface area is 201 Å². The van der Waals surface area contributed by atoms with Crippen LogP contribution in [0.5, 0.6) is 17.2 Å². The molecule has 0 amide bonds. The van der Waals surface area contributed by atoms with Crippen LogP contribution in [-0.2, 0) is 22.4 Å². The Morgan fingerprint density at radius 3 is 2.06 bits per heavy atom. The van der Waals surface area contributed by atoms with Crippen molar-refractivity contribution in [2.45, 2.75) is 12.8 Å². The lowest BCUT2D eigenvalue weighted by Crippen LogP contribution is -2.20. The van der Waals surface area contributed by atoms with Gasteiger partial charge in [0.05, 0.1) is 21.3 Å². The Kier molecular flexibility index (Phi) is 12.8. The minimum Gasteiger partial charge on any atom is -0.497 e. The van der Waals surface area contributed by atoms with E-state index in [2.05, 4.69) is 46.1 Å². The Bertz CT molecular complexity index is 899. The standard InChI is InChI=1S/C19H24INO3.C4H4O4/c1-22-16-5-6-17(20)15(13-16)9-11-21-10-8-14-4-7-18(23-2)19(12-14)24-3;5-3(6)1-2-4(7)8/h4-7,12-13,21H,8-11H2,1-3H3;1-2H,(H,5,6)(H,7,8). The van der Waals surface area contributed by atoms with Gasteiger partial charge >= 0.3 is 11.9 Å². The largest absolute Gasteiger partial charge is 0.497 e. The van der Waals surface area contributed by atoms with Crippen molar-refractivity contribution in [3.8, 4) is 17.2 Å². The number of halogens is 1. The highest BCUT2D eigenvalue weighted by Gasteiger charge is 2.05. The molecule has 0 saturated carbocycles. The molecule has 0 aliphatic carbocycles. The monoisotopic (exact) mass is 557 g/mol. The zero-order chi connectivity index (χ0) is 23.9. The number of carbonyl (C=O) groups is 2. The summed E-state index contributed by atoms with van der Waals surface area (Å²) in [6, 6.07) is 12.3. The van der Waals surface area contributed by atoms with Crippen molar-refractivity contribution in [3.05, 3.63) is 63.2 Å². The number of hydrogen-bond acceptors (Lipinski definition) is 6. The average molecular weight is 557 g/mol. The molecular weight excluding hydrogens is 529 g/mol. The summed E-state index contributed by atoms with van der Waals surface area (Å²) in [5.41, 5.74) is 2.55. The first-order valence-electron chi connectivity index (χ1n) is 9.68. The van der Waals surface area contributed by atoms with Crippen LogP contribution in [0.15, 0.2) is 48.6 Å². The third kappa shape index (κ3) is 10.5. The van der Waals surface area contributed by atoms with Gasteiger partial charge < -0.3 is 29.7 Å². The molecule has 0 spiro atoms. The van der Waals surface area contributed by atoms with Crippen LogP contribution >= 0.6 is 22.6 Å². The molecule has 2 rings (SSSR count). The molecule has 0 aliphatic heterocycles. The quantitative estimate of drug-likeness (QED) is 0.219. The molecule has 32 heavy (non-hydrogen) atoms. The van der Waals surface area contributed by atoms with E-state index in [4.69, 9.17) is 24.4 Å². The maximum atomic E-state index is 9.55. The summed E-state index contributed by atoms with van der Waals surface area (Å²) in [6.45, 7) is 1.87. The molecule has 0 unspecified atom stereocenters. The zero-order valence-corrected chi connectivity index (χ0v) is 20.4. The fourth-order valence-corrected chi connectivity index (χ4v) is 3.23. The van der Waals surface area contributed by atoms with Crippen LogP contribution in [0.25, 0.3) is 0 Å². The van der Waals surface area contributed by atoms with Gasteiger partial charge in [0.15, 0.2) is 11.5 Å². The van der Waals surface area contributed by atoms with Gasteiger partial charge in [-0.3, -0.25) is 0 Å². The number of carboxylic acid groups (broad SMARTS) is 2. The summed E-state index contributed by atoms with van der Waals surface area (Å²) in [5, 5.41) is 19.1. The molecule has 9 heteroatoms. The van der Waals surface area contributed by atoms with E-state index in [0.717, 1.165) is 43.2 Å². The lowest BCUT2D eigenvalue weighted by atomic mass is 10.1. The highest BCUT2D eigenvalue weighted by molar-refractivity contribution is 14.1. The fourth-order valence-electron chi connectivity index (χ4n) is 2.63. The van der Waals surface area contributed by atoms with Crippen LogP contribution in [-0.4, -0.2) is 56.6 Å². The normalized spacial score (nSPS) is 10.2. The van der Waals surface area contributed by atoms with E-state index in [1.165, 1.54) is 14.7 Å². The third-order valence-corrected chi connectivity index (χ3v) is 5.28. The average Bonchev–Trinajstić information content (AvgIpc) is 2.78. The first kappa shape index (κ1) is 27.2. The Morgan fingerprint density at radius 2 is 1.50 bits per heavy atom. The molecule has 2 aromatic rings. The molecule has 0 aliphatic rings. The van der Waals surface area contributed by atoms with Crippen LogP contribution in [0, 0.1) is 3.57 Å². The fraction of sp³-hybridized carbons (Fsp3) is 0.304. The SMILES string of the molecule is COc1ccc(I)c(CCNCCc2ccc(OC)c(OC)c2)c1.O=C(O)C=CC(=O)O. The zero-order valence-electron chi connectivity index (χ0n) is 18.3. The Morgan fingerprint density at radius 1 is 0.875 bits per heavy atom. The molecule has 2 aromatic carbocycles. The van der Waals surface area contributed by atoms with Crippen LogP contribution in [0.1, 0.15) is 11.1 Å². The third-order valence-electron chi connectivity index (χ3n) is 4.23. The number of hydrogen-bond donors (Lipinski definition) is 3. The lowest BCUT2D eigenvalue weighted by Gasteiger charge is -2.11. The van der Waals surface area contributed by atoms with E-state index >= 15 is 0 Å². The van der Waals surface area contributed by atoms with E-state index in [1.54, 1.807) is 21.3 Å². The van der Waals surface area contributed by atoms with Crippen LogP contribution in [0.4, 0.5) is 0 Å². The van der Waals surface area contributed by atoms with E-state index in [-0.39, 0.29) is 0 Å². The van der Waals surface area contributed by atoms with Crippen molar-refractivity contribution < 1.29 is 34.0 Å². The first-order chi connectivity index (χ1) is 15.3. The van der Waals surface area contributed by atoms with Crippen LogP contribution < -0.4 is 19.5 Å². The molecule has 0 saturated heterocycles. The predicted octanol–water partition coefficient (Wildman–Crippen LogP) is 3.40. The smallest absolute Gasteiger partial charge is 0.328 e. The number of methoxy groups -OCH3 is 3. The van der Waals surface area contributed by atoms with Crippen LogP contribution in [0.2, 0.25) is 0 Å². The first-order valence-corrected chi connectivity index (χ1v) is 10.8. The number of ether oxygens (including phenoxy) is 3. The van der Waals surface area contributed by atoms with Crippen molar-refractivity contribution in [1.82, 2.24) is 5.32 Å². The van der Waals surface area contributed by atoms with Gasteiger partial charge in [0.2, 0.25) is 0 Å². The molecule has 0 radical (unpaired) electrons. The summed E-state index contributed by atoms with van der Waals surface area (Å²) < 4.78 is 17.2. The van der Waals surface area contributed by atoms with Crippen molar-refractivity contribution >= 4 is 34.5 Å². The van der Waals surface area contributed by atoms with Gasteiger partial charge in [0.25, 0.3) is 0 Å². The van der Waals surface area contributed by atoms with Gasteiger partial charge in [-0.05, 0) is 90.0 Å². The minimum absolute atomic E-state index is 0.558. The maximum Gasteiger partial charge on any atom is 0.328 e. The van der Waals surface area contributed by atoms with E-state index in [0.29, 0.717) is 12.2 Å². The molecule has 174 valence electrons. The number of carboxylic acids is 2. The predicted molar refractivity (Wildman–Crippen MR) is 130 cm³/mol. The Hall–Kier alpha value is -2.79. The molecule has 0 atom stereocenters. The van der Waals surface area contributed by atoms with Crippen molar-refractivity contribution in [2.75, 3.05) is 34.4 Å². The van der Waals surface area contributed by atoms with E-state index < -0.39 is 11.9 Å². The second-order valence-corrected chi connectivity index (χ2v) is 7.57. The van der Waals surface area contributed by atoms with Crippen molar-refractivity contribution in [2.24, 2.45) is 0 Å². The summed E-state index contributed by atoms with van der Waals surface area (Å²) in [5.74, 6) is -0.0571. The van der Waals surface area contributed by atoms with Gasteiger partial charge in [-0.1, -0.05) is 6.07 Å². The number of nitrogens with one attached hydrogen (secondary N) is 1. The lowest BCUT2D eigenvalue weighted by molar-refractivity contribution is -0.134. The highest BCUT2D eigenvalue weighted by Crippen LogP contribution is 2.27. The van der Waals surface area contributed by atoms with Gasteiger partial charge in [0.1, 0.15) is 5.75 Å². The van der Waals surface area contributed by atoms with Gasteiger partial charge in [-0.25, -0.2) is 9.59 Å². The second-order valence-electron chi connectivity index (χ2n) is 6.41. The van der Waals surface area contributed by atoms with Crippen LogP contribution in [0.3, 0.4) is 0 Å². The van der Waals surface area contributed by atoms with Gasteiger partial charge in [-0.2, -0.15) is 0 Å². The van der Waals surface area contributed by atoms with Crippen molar-refractivity contribution in [1.29, 1.82) is 0 Å². The summed E-state index contributed by atoms with van der Waals surface area (Å²) in [6.07, 6.45) is 3.06. The van der Waals surface area contributed by atoms with Crippen molar-refractivity contribution in [3.63, 3.8) is 0 Å².